The first-order valence-electron chi connectivity index (χ1n) is 9.57. The van der Waals surface area contributed by atoms with Crippen LogP contribution in [0.4, 0.5) is 10.1 Å². The molecule has 0 unspecified atom stereocenters. The number of anilines is 1. The number of amidine groups is 1. The molecule has 2 heterocycles. The van der Waals surface area contributed by atoms with E-state index in [0.29, 0.717) is 38.3 Å². The van der Waals surface area contributed by atoms with Crippen LogP contribution in [0.2, 0.25) is 0 Å². The Morgan fingerprint density at radius 2 is 2.14 bits per heavy atom. The lowest BCUT2D eigenvalue weighted by atomic mass is 9.91. The van der Waals surface area contributed by atoms with Gasteiger partial charge in [-0.3, -0.25) is 10.2 Å². The molecule has 3 N–H and O–H groups in total. The van der Waals surface area contributed by atoms with Crippen molar-refractivity contribution in [2.45, 2.75) is 37.8 Å². The van der Waals surface area contributed by atoms with E-state index in [1.54, 1.807) is 0 Å². The van der Waals surface area contributed by atoms with Gasteiger partial charge >= 0.3 is 0 Å². The van der Waals surface area contributed by atoms with E-state index >= 15 is 0 Å². The molecule has 0 aromatic heterocycles. The van der Waals surface area contributed by atoms with Crippen molar-refractivity contribution in [3.05, 3.63) is 29.6 Å². The number of hydrogen-bond donors (Lipinski definition) is 4. The first-order valence-corrected chi connectivity index (χ1v) is 10.9. The molecule has 1 amide bonds. The van der Waals surface area contributed by atoms with Crippen molar-refractivity contribution in [1.29, 1.82) is 5.41 Å². The van der Waals surface area contributed by atoms with E-state index in [1.807, 2.05) is 0 Å². The lowest BCUT2D eigenvalue weighted by molar-refractivity contribution is -0.124. The maximum absolute atomic E-state index is 14.7. The second-order valence-electron chi connectivity index (χ2n) is 7.61. The molecule has 2 aliphatic heterocycles. The van der Waals surface area contributed by atoms with Crippen molar-refractivity contribution in [2.75, 3.05) is 30.9 Å². The quantitative estimate of drug-likeness (QED) is 0.297. The molecule has 1 aromatic carbocycles. The number of carbonyl (C=O) groups is 1. The number of carbonyl (C=O) groups excluding carboxylic acids is 1. The van der Waals surface area contributed by atoms with Crippen LogP contribution in [0.15, 0.2) is 18.2 Å². The van der Waals surface area contributed by atoms with Gasteiger partial charge < -0.3 is 20.1 Å². The van der Waals surface area contributed by atoms with Crippen molar-refractivity contribution in [1.82, 2.24) is 5.32 Å². The zero-order valence-electron chi connectivity index (χ0n) is 16.2. The Bertz CT molecular complexity index is 842. The molecule has 0 bridgehead atoms. The molecule has 0 aliphatic carbocycles. The van der Waals surface area contributed by atoms with Crippen LogP contribution < -0.4 is 10.6 Å². The average Bonchev–Trinajstić information content (AvgIpc) is 3.36. The predicted molar refractivity (Wildman–Crippen MR) is 106 cm³/mol. The normalized spacial score (nSPS) is 23.7. The largest absolute Gasteiger partial charge is 0.381 e. The highest BCUT2D eigenvalue weighted by atomic mass is 32.2. The highest BCUT2D eigenvalue weighted by Gasteiger charge is 2.34. The minimum absolute atomic E-state index is 0.0607. The molecule has 29 heavy (non-hydrogen) atoms. The van der Waals surface area contributed by atoms with E-state index in [1.165, 1.54) is 25.1 Å². The smallest absolute Gasteiger partial charge is 0.253 e. The van der Waals surface area contributed by atoms with Crippen LogP contribution in [0.25, 0.3) is 0 Å². The Morgan fingerprint density at radius 1 is 1.34 bits per heavy atom. The fraction of sp³-hybridized carbons (Fsp3) is 0.579. The van der Waals surface area contributed by atoms with Gasteiger partial charge in [-0.05, 0) is 44.4 Å². The fourth-order valence-electron chi connectivity index (χ4n) is 3.64. The molecule has 0 saturated carbocycles. The number of rotatable bonds is 7. The number of thiol groups is 1. The Balaban J connectivity index is 1.85. The summed E-state index contributed by atoms with van der Waals surface area (Å²) in [6.07, 6.45) is 1.53. The highest BCUT2D eigenvalue weighted by Crippen LogP contribution is 2.29. The summed E-state index contributed by atoms with van der Waals surface area (Å²) >= 11 is 0. The van der Waals surface area contributed by atoms with E-state index in [-0.39, 0.29) is 23.2 Å². The van der Waals surface area contributed by atoms with E-state index in [9.17, 15) is 17.6 Å². The first-order chi connectivity index (χ1) is 13.8. The summed E-state index contributed by atoms with van der Waals surface area (Å²) in [4.78, 5) is 12.3. The molecule has 3 rings (SSSR count). The molecule has 8 nitrogen and oxygen atoms in total. The number of ether oxygens (including phenoxy) is 2. The highest BCUT2D eigenvalue weighted by molar-refractivity contribution is 7.72. The van der Waals surface area contributed by atoms with Crippen LogP contribution in [-0.4, -0.2) is 51.8 Å². The van der Waals surface area contributed by atoms with Crippen LogP contribution in [0, 0.1) is 17.1 Å². The van der Waals surface area contributed by atoms with Gasteiger partial charge in [-0.15, -0.1) is 0 Å². The molecule has 1 aromatic rings. The van der Waals surface area contributed by atoms with Crippen molar-refractivity contribution in [2.24, 2.45) is 5.92 Å². The van der Waals surface area contributed by atoms with Gasteiger partial charge in [-0.2, -0.15) is 0 Å². The third kappa shape index (κ3) is 5.31. The van der Waals surface area contributed by atoms with Crippen LogP contribution in [-0.2, 0) is 30.5 Å². The maximum atomic E-state index is 14.7. The SMILES string of the molecule is C[C@@](C[SH](=O)=O)(NC(=N)[C@@H]1CCOC1)c1cc(NC(=O)[C@H]2CCCO2)ccc1F. The molecular weight excluding hydrogens is 401 g/mol. The number of halogens is 1. The Labute approximate surface area is 170 Å². The third-order valence-electron chi connectivity index (χ3n) is 5.24. The molecule has 3 atom stereocenters. The standard InChI is InChI=1S/C19H26FN3O5S/c1-19(11-29(25)26,23-17(21)12-6-8-27-10-12)14-9-13(4-5-15(14)20)22-18(24)16-3-2-7-28-16/h4-5,9,12,16,29H,2-3,6-8,10-11H2,1H3,(H2,21,23)(H,22,24)/t12-,16-,19+/m1/s1. The summed E-state index contributed by atoms with van der Waals surface area (Å²) in [5.74, 6) is -1.43. The number of nitrogens with one attached hydrogen (secondary N) is 3. The van der Waals surface area contributed by atoms with E-state index in [0.717, 1.165) is 6.42 Å². The number of benzene rings is 1. The summed E-state index contributed by atoms with van der Waals surface area (Å²) in [5.41, 5.74) is -0.971. The van der Waals surface area contributed by atoms with Gasteiger partial charge in [0, 0.05) is 30.4 Å². The molecule has 2 fully saturated rings. The molecule has 0 radical (unpaired) electrons. The van der Waals surface area contributed by atoms with E-state index in [2.05, 4.69) is 10.6 Å². The van der Waals surface area contributed by atoms with E-state index < -0.39 is 33.9 Å². The van der Waals surface area contributed by atoms with Gasteiger partial charge in [0.15, 0.2) is 0 Å². The van der Waals surface area contributed by atoms with Crippen LogP contribution in [0.1, 0.15) is 31.7 Å². The molecular formula is C19H26FN3O5S. The Kier molecular flexibility index (Phi) is 6.86. The van der Waals surface area contributed by atoms with Gasteiger partial charge in [0.05, 0.1) is 23.7 Å². The minimum atomic E-state index is -2.87. The van der Waals surface area contributed by atoms with Crippen molar-refractivity contribution in [3.63, 3.8) is 0 Å². The summed E-state index contributed by atoms with van der Waals surface area (Å²) in [6.45, 7) is 2.95. The van der Waals surface area contributed by atoms with Crippen molar-refractivity contribution in [3.8, 4) is 0 Å². The van der Waals surface area contributed by atoms with E-state index in [4.69, 9.17) is 14.9 Å². The third-order valence-corrected chi connectivity index (χ3v) is 6.13. The predicted octanol–water partition coefficient (Wildman–Crippen LogP) is 1.37. The summed E-state index contributed by atoms with van der Waals surface area (Å²) in [7, 11) is -2.87. The number of amides is 1. The van der Waals surface area contributed by atoms with Gasteiger partial charge in [0.2, 0.25) is 0 Å². The maximum Gasteiger partial charge on any atom is 0.253 e. The first kappa shape index (κ1) is 21.7. The van der Waals surface area contributed by atoms with Crippen molar-refractivity contribution >= 4 is 28.1 Å². The summed E-state index contributed by atoms with van der Waals surface area (Å²) < 4.78 is 48.4. The van der Waals surface area contributed by atoms with Crippen molar-refractivity contribution < 1.29 is 27.1 Å². The molecule has 160 valence electrons. The Hall–Kier alpha value is -2.04. The second kappa shape index (κ2) is 9.19. The average molecular weight is 427 g/mol. The summed E-state index contributed by atoms with van der Waals surface area (Å²) in [6, 6.07) is 4.01. The van der Waals surface area contributed by atoms with Gasteiger partial charge in [0.1, 0.15) is 22.6 Å². The zero-order valence-corrected chi connectivity index (χ0v) is 17.1. The van der Waals surface area contributed by atoms with Crippen LogP contribution in [0.3, 0.4) is 0 Å². The summed E-state index contributed by atoms with van der Waals surface area (Å²) in [5, 5.41) is 13.9. The number of hydrogen-bond acceptors (Lipinski definition) is 6. The molecule has 2 aliphatic rings. The van der Waals surface area contributed by atoms with Gasteiger partial charge in [0.25, 0.3) is 5.91 Å². The van der Waals surface area contributed by atoms with Crippen LogP contribution in [0.5, 0.6) is 0 Å². The molecule has 0 spiro atoms. The second-order valence-corrected chi connectivity index (χ2v) is 8.59. The lowest BCUT2D eigenvalue weighted by Crippen LogP contribution is -2.49. The fourth-order valence-corrected chi connectivity index (χ4v) is 4.41. The topological polar surface area (TPSA) is 118 Å². The monoisotopic (exact) mass is 427 g/mol. The van der Waals surface area contributed by atoms with Gasteiger partial charge in [-0.1, -0.05) is 0 Å². The van der Waals surface area contributed by atoms with Gasteiger partial charge in [-0.25, -0.2) is 12.8 Å². The Morgan fingerprint density at radius 3 is 2.76 bits per heavy atom. The van der Waals surface area contributed by atoms with Crippen LogP contribution >= 0.6 is 0 Å². The minimum Gasteiger partial charge on any atom is -0.381 e. The molecule has 2 saturated heterocycles. The lowest BCUT2D eigenvalue weighted by Gasteiger charge is -2.32. The zero-order chi connectivity index (χ0) is 21.0. The molecule has 10 heteroatoms.